The van der Waals surface area contributed by atoms with Gasteiger partial charge in [-0.1, -0.05) is 88.4 Å². The molecule has 1 aromatic rings. The molecule has 0 aliphatic rings. The van der Waals surface area contributed by atoms with E-state index in [9.17, 15) is 0 Å². The molecule has 1 aromatic carbocycles. The van der Waals surface area contributed by atoms with Crippen LogP contribution in [0.3, 0.4) is 0 Å². The molecule has 0 aliphatic heterocycles. The van der Waals surface area contributed by atoms with Crippen LogP contribution in [-0.2, 0) is 10.3 Å². The van der Waals surface area contributed by atoms with Gasteiger partial charge in [-0.25, -0.2) is 0 Å². The lowest BCUT2D eigenvalue weighted by Gasteiger charge is -2.29. The van der Waals surface area contributed by atoms with Crippen molar-refractivity contribution in [1.29, 1.82) is 0 Å². The molecule has 0 N–H and O–H groups in total. The van der Waals surface area contributed by atoms with Crippen LogP contribution in [0, 0.1) is 0 Å². The third kappa shape index (κ3) is 5.13. The third-order valence-electron chi connectivity index (χ3n) is 4.11. The predicted octanol–water partition coefficient (Wildman–Crippen LogP) is 5.86. The lowest BCUT2D eigenvalue weighted by Crippen LogP contribution is -2.25. The summed E-state index contributed by atoms with van der Waals surface area (Å²) in [5, 5.41) is 0. The quantitative estimate of drug-likeness (QED) is 0.363. The molecule has 0 fully saturated rings. The zero-order chi connectivity index (χ0) is 14.7. The lowest BCUT2D eigenvalue weighted by atomic mass is 9.88. The van der Waals surface area contributed by atoms with Crippen molar-refractivity contribution in [3.63, 3.8) is 0 Å². The summed E-state index contributed by atoms with van der Waals surface area (Å²) >= 11 is 0. The van der Waals surface area contributed by atoms with Crippen LogP contribution in [0.25, 0.3) is 0 Å². The molecule has 0 heterocycles. The summed E-state index contributed by atoms with van der Waals surface area (Å²) in [6.45, 7) is 6.26. The molecule has 112 valence electrons. The second-order valence-corrected chi connectivity index (χ2v) is 5.54. The normalized spacial score (nSPS) is 13.9. The van der Waals surface area contributed by atoms with Gasteiger partial charge in [0, 0.05) is 7.11 Å². The molecule has 1 rings (SSSR count). The summed E-state index contributed by atoms with van der Waals surface area (Å²) in [4.78, 5) is 0. The topological polar surface area (TPSA) is 9.23 Å². The Morgan fingerprint density at radius 1 is 1.00 bits per heavy atom. The van der Waals surface area contributed by atoms with Gasteiger partial charge in [0.15, 0.2) is 0 Å². The van der Waals surface area contributed by atoms with Crippen molar-refractivity contribution >= 4 is 0 Å². The van der Waals surface area contributed by atoms with Gasteiger partial charge >= 0.3 is 0 Å². The first-order valence-electron chi connectivity index (χ1n) is 8.03. The van der Waals surface area contributed by atoms with Gasteiger partial charge in [0.1, 0.15) is 5.60 Å². The standard InChI is InChI=1S/C19H30O/c1-4-6-7-8-9-10-14-17-19(5-2,20-3)18-15-12-11-13-16-18/h5,11-13,15-16H,2,4,6-10,14,17H2,1,3H3. The Balaban J connectivity index is 2.42. The summed E-state index contributed by atoms with van der Waals surface area (Å²) < 4.78 is 5.80. The van der Waals surface area contributed by atoms with Crippen LogP contribution in [0.15, 0.2) is 43.0 Å². The van der Waals surface area contributed by atoms with Gasteiger partial charge in [-0.3, -0.25) is 0 Å². The SMILES string of the molecule is C=CC(CCCCCCCCC)(OC)c1ccccc1. The number of hydrogen-bond donors (Lipinski definition) is 0. The van der Waals surface area contributed by atoms with Crippen molar-refractivity contribution < 1.29 is 4.74 Å². The number of ether oxygens (including phenoxy) is 1. The summed E-state index contributed by atoms with van der Waals surface area (Å²) in [6, 6.07) is 10.4. The Hall–Kier alpha value is -1.08. The van der Waals surface area contributed by atoms with Crippen molar-refractivity contribution in [1.82, 2.24) is 0 Å². The first-order valence-corrected chi connectivity index (χ1v) is 8.03. The maximum atomic E-state index is 5.80. The first-order chi connectivity index (χ1) is 9.79. The molecule has 1 atom stereocenters. The van der Waals surface area contributed by atoms with E-state index in [1.165, 1.54) is 50.5 Å². The van der Waals surface area contributed by atoms with Crippen LogP contribution < -0.4 is 0 Å². The molecule has 1 heteroatoms. The average Bonchev–Trinajstić information content (AvgIpc) is 2.52. The number of unbranched alkanes of at least 4 members (excludes halogenated alkanes) is 6. The zero-order valence-corrected chi connectivity index (χ0v) is 13.2. The molecule has 1 unspecified atom stereocenters. The maximum Gasteiger partial charge on any atom is 0.111 e. The molecule has 0 saturated heterocycles. The van der Waals surface area contributed by atoms with Crippen molar-refractivity contribution in [2.45, 2.75) is 63.9 Å². The van der Waals surface area contributed by atoms with E-state index in [0.717, 1.165) is 6.42 Å². The van der Waals surface area contributed by atoms with Crippen LogP contribution >= 0.6 is 0 Å². The van der Waals surface area contributed by atoms with Crippen LogP contribution in [0.5, 0.6) is 0 Å². The number of hydrogen-bond acceptors (Lipinski definition) is 1. The van der Waals surface area contributed by atoms with E-state index in [1.807, 2.05) is 12.1 Å². The fourth-order valence-electron chi connectivity index (χ4n) is 2.73. The maximum absolute atomic E-state index is 5.80. The highest BCUT2D eigenvalue weighted by Gasteiger charge is 2.27. The van der Waals surface area contributed by atoms with E-state index in [-0.39, 0.29) is 5.60 Å². The Morgan fingerprint density at radius 2 is 1.60 bits per heavy atom. The summed E-state index contributed by atoms with van der Waals surface area (Å²) in [7, 11) is 1.79. The van der Waals surface area contributed by atoms with Crippen molar-refractivity contribution in [2.24, 2.45) is 0 Å². The average molecular weight is 274 g/mol. The Bertz CT molecular complexity index is 357. The number of rotatable bonds is 11. The van der Waals surface area contributed by atoms with Crippen molar-refractivity contribution in [2.75, 3.05) is 7.11 Å². The van der Waals surface area contributed by atoms with E-state index >= 15 is 0 Å². The van der Waals surface area contributed by atoms with Gasteiger partial charge in [0.05, 0.1) is 0 Å². The third-order valence-corrected chi connectivity index (χ3v) is 4.11. The van der Waals surface area contributed by atoms with Gasteiger partial charge in [0.25, 0.3) is 0 Å². The molecule has 0 radical (unpaired) electrons. The smallest absolute Gasteiger partial charge is 0.111 e. The van der Waals surface area contributed by atoms with E-state index in [0.29, 0.717) is 0 Å². The van der Waals surface area contributed by atoms with Crippen LogP contribution in [-0.4, -0.2) is 7.11 Å². The number of methoxy groups -OCH3 is 1. The molecule has 0 aromatic heterocycles. The summed E-state index contributed by atoms with van der Waals surface area (Å²) in [5.41, 5.74) is 0.897. The highest BCUT2D eigenvalue weighted by molar-refractivity contribution is 5.27. The Morgan fingerprint density at radius 3 is 2.15 bits per heavy atom. The van der Waals surface area contributed by atoms with Gasteiger partial charge in [-0.2, -0.15) is 0 Å². The Kier molecular flexibility index (Phi) is 8.29. The molecule has 0 bridgehead atoms. The van der Waals surface area contributed by atoms with Crippen LogP contribution in [0.1, 0.15) is 63.9 Å². The van der Waals surface area contributed by atoms with Gasteiger partial charge in [-0.15, -0.1) is 0 Å². The van der Waals surface area contributed by atoms with E-state index < -0.39 is 0 Å². The molecule has 0 aliphatic carbocycles. The fraction of sp³-hybridized carbons (Fsp3) is 0.579. The van der Waals surface area contributed by atoms with E-state index in [1.54, 1.807) is 7.11 Å². The van der Waals surface area contributed by atoms with Crippen LogP contribution in [0.4, 0.5) is 0 Å². The highest BCUT2D eigenvalue weighted by Crippen LogP contribution is 2.32. The lowest BCUT2D eigenvalue weighted by molar-refractivity contribution is 0.0195. The van der Waals surface area contributed by atoms with Crippen LogP contribution in [0.2, 0.25) is 0 Å². The van der Waals surface area contributed by atoms with Crippen molar-refractivity contribution in [3.05, 3.63) is 48.6 Å². The number of benzene rings is 1. The second-order valence-electron chi connectivity index (χ2n) is 5.54. The molecule has 0 amide bonds. The van der Waals surface area contributed by atoms with E-state index in [4.69, 9.17) is 4.74 Å². The minimum Gasteiger partial charge on any atom is -0.369 e. The van der Waals surface area contributed by atoms with Crippen molar-refractivity contribution in [3.8, 4) is 0 Å². The molecular weight excluding hydrogens is 244 g/mol. The van der Waals surface area contributed by atoms with E-state index in [2.05, 4.69) is 37.8 Å². The largest absolute Gasteiger partial charge is 0.369 e. The Labute approximate surface area is 125 Å². The van der Waals surface area contributed by atoms with Gasteiger partial charge < -0.3 is 4.74 Å². The molecule has 0 spiro atoms. The molecular formula is C19H30O. The second kappa shape index (κ2) is 9.77. The van der Waals surface area contributed by atoms with Gasteiger partial charge in [-0.05, 0) is 18.4 Å². The zero-order valence-electron chi connectivity index (χ0n) is 13.2. The monoisotopic (exact) mass is 274 g/mol. The highest BCUT2D eigenvalue weighted by atomic mass is 16.5. The minimum atomic E-state index is -0.315. The predicted molar refractivity (Wildman–Crippen MR) is 87.9 cm³/mol. The molecule has 1 nitrogen and oxygen atoms in total. The molecule has 20 heavy (non-hydrogen) atoms. The van der Waals surface area contributed by atoms with Gasteiger partial charge in [0.2, 0.25) is 0 Å². The summed E-state index contributed by atoms with van der Waals surface area (Å²) in [5.74, 6) is 0. The first kappa shape index (κ1) is 17.0. The minimum absolute atomic E-state index is 0.315. The summed E-state index contributed by atoms with van der Waals surface area (Å²) in [6.07, 6.45) is 12.2. The molecule has 0 saturated carbocycles. The fourth-order valence-corrected chi connectivity index (χ4v) is 2.73.